The Balaban J connectivity index is 2.86. The van der Waals surface area contributed by atoms with Crippen molar-refractivity contribution in [3.63, 3.8) is 0 Å². The van der Waals surface area contributed by atoms with Gasteiger partial charge in [-0.1, -0.05) is 0 Å². The average Bonchev–Trinajstić information content (AvgIpc) is 2.28. The van der Waals surface area contributed by atoms with Gasteiger partial charge in [0.15, 0.2) is 0 Å². The van der Waals surface area contributed by atoms with Gasteiger partial charge in [-0.15, -0.1) is 0 Å². The molecule has 0 saturated carbocycles. The predicted molar refractivity (Wildman–Crippen MR) is 69.3 cm³/mol. The molecule has 0 aliphatic carbocycles. The first kappa shape index (κ1) is 14.6. The van der Waals surface area contributed by atoms with E-state index in [1.165, 1.54) is 0 Å². The number of rotatable bonds is 6. The van der Waals surface area contributed by atoms with Crippen LogP contribution in [0.3, 0.4) is 0 Å². The number of carboxylic acid groups (broad SMARTS) is 1. The second kappa shape index (κ2) is 6.44. The van der Waals surface area contributed by atoms with E-state index in [-0.39, 0.29) is 18.5 Å². The van der Waals surface area contributed by atoms with Gasteiger partial charge in [0.2, 0.25) is 0 Å². The first-order valence-electron chi connectivity index (χ1n) is 6.18. The molecular formula is C13H21N3O2. The molecule has 1 aromatic heterocycles. The maximum absolute atomic E-state index is 10.7. The normalized spacial score (nSPS) is 13.0. The zero-order chi connectivity index (χ0) is 13.7. The van der Waals surface area contributed by atoms with Gasteiger partial charge in [-0.05, 0) is 27.7 Å². The lowest BCUT2D eigenvalue weighted by molar-refractivity contribution is -0.137. The number of carbonyl (C=O) groups is 1. The van der Waals surface area contributed by atoms with Crippen LogP contribution < -0.4 is 0 Å². The molecule has 5 nitrogen and oxygen atoms in total. The Hall–Kier alpha value is -1.49. The van der Waals surface area contributed by atoms with Crippen LogP contribution in [0.2, 0.25) is 0 Å². The Morgan fingerprint density at radius 2 is 1.94 bits per heavy atom. The summed E-state index contributed by atoms with van der Waals surface area (Å²) >= 11 is 0. The first-order valence-corrected chi connectivity index (χ1v) is 6.18. The molecule has 0 bridgehead atoms. The third-order valence-electron chi connectivity index (χ3n) is 3.06. The Labute approximate surface area is 108 Å². The van der Waals surface area contributed by atoms with Crippen molar-refractivity contribution in [1.29, 1.82) is 0 Å². The molecule has 5 heteroatoms. The molecule has 0 amide bonds. The van der Waals surface area contributed by atoms with Crippen LogP contribution in [0.4, 0.5) is 0 Å². The molecule has 1 N–H and O–H groups in total. The zero-order valence-electron chi connectivity index (χ0n) is 11.4. The summed E-state index contributed by atoms with van der Waals surface area (Å²) in [7, 11) is 0. The van der Waals surface area contributed by atoms with Crippen molar-refractivity contribution in [1.82, 2.24) is 14.9 Å². The molecule has 1 atom stereocenters. The smallest absolute Gasteiger partial charge is 0.304 e. The molecule has 0 spiro atoms. The van der Waals surface area contributed by atoms with Gasteiger partial charge < -0.3 is 5.11 Å². The average molecular weight is 251 g/mol. The third-order valence-corrected chi connectivity index (χ3v) is 3.06. The van der Waals surface area contributed by atoms with Crippen LogP contribution in [0.25, 0.3) is 0 Å². The summed E-state index contributed by atoms with van der Waals surface area (Å²) in [5, 5.41) is 8.80. The van der Waals surface area contributed by atoms with Crippen molar-refractivity contribution in [2.75, 3.05) is 6.54 Å². The zero-order valence-corrected chi connectivity index (χ0v) is 11.4. The Morgan fingerprint density at radius 3 is 2.44 bits per heavy atom. The summed E-state index contributed by atoms with van der Waals surface area (Å²) in [5.41, 5.74) is 1.81. The monoisotopic (exact) mass is 251 g/mol. The van der Waals surface area contributed by atoms with Crippen LogP contribution in [-0.2, 0) is 4.79 Å². The molecule has 0 aliphatic heterocycles. The first-order chi connectivity index (χ1) is 8.43. The fourth-order valence-electron chi connectivity index (χ4n) is 2.11. The van der Waals surface area contributed by atoms with E-state index in [1.54, 1.807) is 12.4 Å². The van der Waals surface area contributed by atoms with Crippen LogP contribution in [0.5, 0.6) is 0 Å². The van der Waals surface area contributed by atoms with Crippen LogP contribution in [0, 0.1) is 6.92 Å². The summed E-state index contributed by atoms with van der Waals surface area (Å²) in [6, 6.07) is 0.332. The molecule has 1 heterocycles. The van der Waals surface area contributed by atoms with Crippen LogP contribution in [-0.4, -0.2) is 38.5 Å². The van der Waals surface area contributed by atoms with Gasteiger partial charge >= 0.3 is 5.97 Å². The van der Waals surface area contributed by atoms with E-state index in [0.29, 0.717) is 6.54 Å². The van der Waals surface area contributed by atoms with Gasteiger partial charge in [0, 0.05) is 25.0 Å². The summed E-state index contributed by atoms with van der Waals surface area (Å²) in [4.78, 5) is 21.4. The minimum absolute atomic E-state index is 0.0676. The topological polar surface area (TPSA) is 66.3 Å². The van der Waals surface area contributed by atoms with Crippen molar-refractivity contribution in [2.45, 2.75) is 46.2 Å². The van der Waals surface area contributed by atoms with E-state index in [0.717, 1.165) is 11.4 Å². The van der Waals surface area contributed by atoms with Gasteiger partial charge in [0.25, 0.3) is 0 Å². The molecule has 18 heavy (non-hydrogen) atoms. The maximum Gasteiger partial charge on any atom is 0.304 e. The van der Waals surface area contributed by atoms with Gasteiger partial charge in [-0.3, -0.25) is 19.7 Å². The summed E-state index contributed by atoms with van der Waals surface area (Å²) in [5.74, 6) is -0.774. The van der Waals surface area contributed by atoms with Gasteiger partial charge in [-0.2, -0.15) is 0 Å². The fourth-order valence-corrected chi connectivity index (χ4v) is 2.11. The molecule has 100 valence electrons. The van der Waals surface area contributed by atoms with Crippen molar-refractivity contribution in [3.05, 3.63) is 23.8 Å². The van der Waals surface area contributed by atoms with Crippen molar-refractivity contribution in [3.8, 4) is 0 Å². The number of aromatic nitrogens is 2. The fraction of sp³-hybridized carbons (Fsp3) is 0.615. The van der Waals surface area contributed by atoms with E-state index in [2.05, 4.69) is 28.7 Å². The van der Waals surface area contributed by atoms with E-state index < -0.39 is 5.97 Å². The minimum atomic E-state index is -0.774. The summed E-state index contributed by atoms with van der Waals surface area (Å²) in [6.07, 6.45) is 3.49. The maximum atomic E-state index is 10.7. The van der Waals surface area contributed by atoms with Crippen LogP contribution >= 0.6 is 0 Å². The third kappa shape index (κ3) is 3.77. The molecular weight excluding hydrogens is 230 g/mol. The van der Waals surface area contributed by atoms with Crippen molar-refractivity contribution < 1.29 is 9.90 Å². The molecule has 1 rings (SSSR count). The van der Waals surface area contributed by atoms with Gasteiger partial charge in [-0.25, -0.2) is 0 Å². The summed E-state index contributed by atoms with van der Waals surface area (Å²) < 4.78 is 0. The van der Waals surface area contributed by atoms with E-state index in [9.17, 15) is 4.79 Å². The molecule has 1 aromatic rings. The minimum Gasteiger partial charge on any atom is -0.481 e. The second-order valence-corrected chi connectivity index (χ2v) is 4.68. The molecule has 0 fully saturated rings. The van der Waals surface area contributed by atoms with E-state index in [4.69, 9.17) is 5.11 Å². The number of aliphatic carboxylic acids is 1. The highest BCUT2D eigenvalue weighted by Gasteiger charge is 2.22. The van der Waals surface area contributed by atoms with Gasteiger partial charge in [0.05, 0.1) is 23.9 Å². The molecule has 0 saturated heterocycles. The standard InChI is InChI=1S/C13H21N3O2/c1-9(2)16(8-5-12(17)18)11(4)13-10(3)14-6-7-15-13/h6-7,9,11H,5,8H2,1-4H3,(H,17,18). The Morgan fingerprint density at radius 1 is 1.33 bits per heavy atom. The highest BCUT2D eigenvalue weighted by Crippen LogP contribution is 2.22. The molecule has 1 unspecified atom stereocenters. The molecule has 0 aromatic carbocycles. The number of hydrogen-bond acceptors (Lipinski definition) is 4. The largest absolute Gasteiger partial charge is 0.481 e. The number of nitrogens with zero attached hydrogens (tertiary/aromatic N) is 3. The quantitative estimate of drug-likeness (QED) is 0.838. The van der Waals surface area contributed by atoms with Gasteiger partial charge in [0.1, 0.15) is 0 Å². The lowest BCUT2D eigenvalue weighted by Crippen LogP contribution is -2.36. The number of carboxylic acids is 1. The Bertz CT molecular complexity index is 407. The number of hydrogen-bond donors (Lipinski definition) is 1. The number of aryl methyl sites for hydroxylation is 1. The second-order valence-electron chi connectivity index (χ2n) is 4.68. The van der Waals surface area contributed by atoms with Crippen LogP contribution in [0.15, 0.2) is 12.4 Å². The SMILES string of the molecule is Cc1nccnc1C(C)N(CCC(=O)O)C(C)C. The van der Waals surface area contributed by atoms with Crippen molar-refractivity contribution >= 4 is 5.97 Å². The summed E-state index contributed by atoms with van der Waals surface area (Å²) in [6.45, 7) is 8.60. The lowest BCUT2D eigenvalue weighted by Gasteiger charge is -2.32. The Kier molecular flexibility index (Phi) is 5.22. The highest BCUT2D eigenvalue weighted by atomic mass is 16.4. The lowest BCUT2D eigenvalue weighted by atomic mass is 10.1. The van der Waals surface area contributed by atoms with Crippen LogP contribution in [0.1, 0.15) is 44.6 Å². The van der Waals surface area contributed by atoms with E-state index >= 15 is 0 Å². The highest BCUT2D eigenvalue weighted by molar-refractivity contribution is 5.66. The molecule has 0 radical (unpaired) electrons. The predicted octanol–water partition coefficient (Wildman–Crippen LogP) is 2.03. The molecule has 0 aliphatic rings. The van der Waals surface area contributed by atoms with E-state index in [1.807, 2.05) is 13.8 Å². The van der Waals surface area contributed by atoms with Crippen molar-refractivity contribution in [2.24, 2.45) is 0 Å².